The normalized spacial score (nSPS) is 14.4. The molecule has 2 aromatic carbocycles. The molecular formula is C23H25NO3S. The Morgan fingerprint density at radius 3 is 2.25 bits per heavy atom. The number of hydrogen-bond donors (Lipinski definition) is 0. The Kier molecular flexibility index (Phi) is 5.94. The molecule has 4 nitrogen and oxygen atoms in total. The van der Waals surface area contributed by atoms with Crippen LogP contribution in [0.25, 0.3) is 5.57 Å². The summed E-state index contributed by atoms with van der Waals surface area (Å²) in [5.74, 6) is 0.899. The zero-order valence-corrected chi connectivity index (χ0v) is 17.7. The molecule has 0 radical (unpaired) electrons. The van der Waals surface area contributed by atoms with Crippen molar-refractivity contribution in [1.82, 2.24) is 0 Å². The lowest BCUT2D eigenvalue weighted by atomic mass is 9.99. The van der Waals surface area contributed by atoms with Gasteiger partial charge in [0, 0.05) is 0 Å². The van der Waals surface area contributed by atoms with Gasteiger partial charge in [-0.2, -0.15) is 0 Å². The third-order valence-corrected chi connectivity index (χ3v) is 5.40. The second kappa shape index (κ2) is 8.23. The lowest BCUT2D eigenvalue weighted by Gasteiger charge is -2.17. The Balaban J connectivity index is 2.01. The summed E-state index contributed by atoms with van der Waals surface area (Å²) in [5, 5.41) is 0. The van der Waals surface area contributed by atoms with Crippen LogP contribution in [0.4, 0.5) is 5.69 Å². The molecule has 2 aromatic rings. The molecule has 2 amide bonds. The van der Waals surface area contributed by atoms with E-state index in [2.05, 4.69) is 0 Å². The number of thioether (sulfide) groups is 1. The summed E-state index contributed by atoms with van der Waals surface area (Å²) in [6.07, 6.45) is 0.0613. The summed E-state index contributed by atoms with van der Waals surface area (Å²) in [7, 11) is 0. The summed E-state index contributed by atoms with van der Waals surface area (Å²) in [6, 6.07) is 13.0. The molecule has 0 aliphatic carbocycles. The van der Waals surface area contributed by atoms with Gasteiger partial charge in [0.05, 0.1) is 22.3 Å². The van der Waals surface area contributed by atoms with E-state index in [1.165, 1.54) is 16.7 Å². The fourth-order valence-electron chi connectivity index (χ4n) is 3.30. The molecule has 3 rings (SSSR count). The van der Waals surface area contributed by atoms with E-state index in [-0.39, 0.29) is 17.9 Å². The minimum absolute atomic E-state index is 0.0613. The Bertz CT molecular complexity index is 945. The Morgan fingerprint density at radius 2 is 1.68 bits per heavy atom. The maximum Gasteiger partial charge on any atom is 0.272 e. The number of hydrogen-bond acceptors (Lipinski definition) is 4. The van der Waals surface area contributed by atoms with E-state index < -0.39 is 0 Å². The van der Waals surface area contributed by atoms with E-state index in [0.717, 1.165) is 22.4 Å². The van der Waals surface area contributed by atoms with E-state index in [4.69, 9.17) is 4.74 Å². The van der Waals surface area contributed by atoms with Crippen LogP contribution in [0, 0.1) is 13.8 Å². The summed E-state index contributed by atoms with van der Waals surface area (Å²) in [5.41, 5.74) is 3.99. The van der Waals surface area contributed by atoms with Crippen molar-refractivity contribution < 1.29 is 14.3 Å². The first-order valence-electron chi connectivity index (χ1n) is 9.43. The van der Waals surface area contributed by atoms with Gasteiger partial charge in [-0.15, -0.1) is 11.8 Å². The van der Waals surface area contributed by atoms with Gasteiger partial charge in [0.15, 0.2) is 0 Å². The van der Waals surface area contributed by atoms with Crippen molar-refractivity contribution in [3.8, 4) is 5.75 Å². The molecule has 0 spiro atoms. The molecule has 1 aliphatic rings. The number of aryl methyl sites for hydroxylation is 2. The number of nitrogens with zero attached hydrogens (tertiary/aromatic N) is 1. The van der Waals surface area contributed by atoms with Gasteiger partial charge in [-0.1, -0.05) is 30.7 Å². The Labute approximate surface area is 170 Å². The molecule has 0 N–H and O–H groups in total. The fourth-order valence-corrected chi connectivity index (χ4v) is 4.14. The number of rotatable bonds is 6. The zero-order valence-electron chi connectivity index (χ0n) is 16.9. The molecule has 28 heavy (non-hydrogen) atoms. The predicted molar refractivity (Wildman–Crippen MR) is 116 cm³/mol. The van der Waals surface area contributed by atoms with Gasteiger partial charge >= 0.3 is 0 Å². The average molecular weight is 396 g/mol. The molecule has 0 unspecified atom stereocenters. The van der Waals surface area contributed by atoms with Crippen LogP contribution < -0.4 is 9.64 Å². The number of imide groups is 1. The second-order valence-corrected chi connectivity index (χ2v) is 8.34. The van der Waals surface area contributed by atoms with E-state index >= 15 is 0 Å². The molecule has 1 aliphatic heterocycles. The Hall–Kier alpha value is -2.53. The highest BCUT2D eigenvalue weighted by atomic mass is 32.2. The molecule has 146 valence electrons. The highest BCUT2D eigenvalue weighted by Crippen LogP contribution is 2.39. The third kappa shape index (κ3) is 3.85. The van der Waals surface area contributed by atoms with Gasteiger partial charge in [-0.3, -0.25) is 9.59 Å². The van der Waals surface area contributed by atoms with Crippen LogP contribution in [-0.2, 0) is 9.59 Å². The van der Waals surface area contributed by atoms with Crippen LogP contribution in [-0.4, -0.2) is 23.7 Å². The number of carbonyl (C=O) groups is 2. The maximum absolute atomic E-state index is 13.3. The number of benzene rings is 2. The number of amides is 2. The first-order valence-corrected chi connectivity index (χ1v) is 10.4. The maximum atomic E-state index is 13.3. The summed E-state index contributed by atoms with van der Waals surface area (Å²) < 4.78 is 5.66. The SMILES string of the molecule is CCSC1=C(c2ccc(C)cc2C)C(=O)N(c2ccc(OC(C)C)cc2)C1=O. The van der Waals surface area contributed by atoms with Gasteiger partial charge in [-0.05, 0) is 68.8 Å². The van der Waals surface area contributed by atoms with Gasteiger partial charge in [0.1, 0.15) is 5.75 Å². The van der Waals surface area contributed by atoms with Crippen LogP contribution in [0.2, 0.25) is 0 Å². The minimum Gasteiger partial charge on any atom is -0.491 e. The number of carbonyl (C=O) groups excluding carboxylic acids is 2. The van der Waals surface area contributed by atoms with Crippen molar-refractivity contribution in [2.45, 2.75) is 40.7 Å². The van der Waals surface area contributed by atoms with E-state index in [1.54, 1.807) is 24.3 Å². The monoisotopic (exact) mass is 395 g/mol. The van der Waals surface area contributed by atoms with Gasteiger partial charge in [-0.25, -0.2) is 4.90 Å². The molecule has 0 atom stereocenters. The second-order valence-electron chi connectivity index (χ2n) is 7.06. The lowest BCUT2D eigenvalue weighted by Crippen LogP contribution is -2.31. The predicted octanol–water partition coefficient (Wildman–Crippen LogP) is 5.13. The fraction of sp³-hybridized carbons (Fsp3) is 0.304. The summed E-state index contributed by atoms with van der Waals surface area (Å²) >= 11 is 1.42. The standard InChI is InChI=1S/C23H25NO3S/c1-6-28-21-20(19-12-7-15(4)13-16(19)5)22(25)24(23(21)26)17-8-10-18(11-9-17)27-14(2)3/h7-14H,6H2,1-5H3. The molecule has 0 aromatic heterocycles. The van der Waals surface area contributed by atoms with Gasteiger partial charge in [0.25, 0.3) is 11.8 Å². The first kappa shape index (κ1) is 20.2. The lowest BCUT2D eigenvalue weighted by molar-refractivity contribution is -0.119. The highest BCUT2D eigenvalue weighted by molar-refractivity contribution is 8.04. The van der Waals surface area contributed by atoms with Crippen molar-refractivity contribution in [3.63, 3.8) is 0 Å². The van der Waals surface area contributed by atoms with Crippen molar-refractivity contribution >= 4 is 34.8 Å². The highest BCUT2D eigenvalue weighted by Gasteiger charge is 2.40. The largest absolute Gasteiger partial charge is 0.491 e. The van der Waals surface area contributed by atoms with Gasteiger partial charge < -0.3 is 4.74 Å². The molecular weight excluding hydrogens is 370 g/mol. The topological polar surface area (TPSA) is 46.6 Å². The molecule has 5 heteroatoms. The van der Waals surface area contributed by atoms with Crippen LogP contribution in [0.15, 0.2) is 47.4 Å². The zero-order chi connectivity index (χ0) is 20.4. The number of ether oxygens (including phenoxy) is 1. The van der Waals surface area contributed by atoms with Crippen molar-refractivity contribution in [3.05, 3.63) is 64.1 Å². The van der Waals surface area contributed by atoms with Crippen molar-refractivity contribution in [2.75, 3.05) is 10.7 Å². The summed E-state index contributed by atoms with van der Waals surface area (Å²) in [4.78, 5) is 28.2. The first-order chi connectivity index (χ1) is 13.3. The van der Waals surface area contributed by atoms with Crippen LogP contribution in [0.1, 0.15) is 37.5 Å². The minimum atomic E-state index is -0.273. The van der Waals surface area contributed by atoms with Crippen LogP contribution >= 0.6 is 11.8 Å². The average Bonchev–Trinajstić information content (AvgIpc) is 2.86. The quantitative estimate of drug-likeness (QED) is 0.636. The van der Waals surface area contributed by atoms with E-state index in [0.29, 0.717) is 21.9 Å². The molecule has 0 saturated heterocycles. The molecule has 0 bridgehead atoms. The van der Waals surface area contributed by atoms with Crippen molar-refractivity contribution in [1.29, 1.82) is 0 Å². The molecule has 0 saturated carbocycles. The van der Waals surface area contributed by atoms with E-state index in [9.17, 15) is 9.59 Å². The van der Waals surface area contributed by atoms with E-state index in [1.807, 2.05) is 52.8 Å². The smallest absolute Gasteiger partial charge is 0.272 e. The molecule has 1 heterocycles. The Morgan fingerprint density at radius 1 is 1.00 bits per heavy atom. The third-order valence-electron chi connectivity index (χ3n) is 4.45. The summed E-state index contributed by atoms with van der Waals surface area (Å²) in [6.45, 7) is 9.88. The molecule has 0 fully saturated rings. The van der Waals surface area contributed by atoms with Crippen LogP contribution in [0.3, 0.4) is 0 Å². The van der Waals surface area contributed by atoms with Crippen LogP contribution in [0.5, 0.6) is 5.75 Å². The van der Waals surface area contributed by atoms with Crippen molar-refractivity contribution in [2.24, 2.45) is 0 Å². The van der Waals surface area contributed by atoms with Gasteiger partial charge in [0.2, 0.25) is 0 Å². The number of anilines is 1.